The van der Waals surface area contributed by atoms with Gasteiger partial charge in [-0.3, -0.25) is 0 Å². The van der Waals surface area contributed by atoms with E-state index in [0.717, 1.165) is 26.2 Å². The summed E-state index contributed by atoms with van der Waals surface area (Å²) in [5.74, 6) is 0. The number of nitrogens with one attached hydrogen (secondary N) is 1. The summed E-state index contributed by atoms with van der Waals surface area (Å²) in [6.07, 6.45) is 0. The highest BCUT2D eigenvalue weighted by Crippen LogP contribution is 1.99. The molecule has 0 unspecified atom stereocenters. The van der Waals surface area contributed by atoms with Gasteiger partial charge in [-0.1, -0.05) is 6.58 Å². The fraction of sp³-hybridized carbons (Fsp3) is 0.714. The standard InChI is InChI=1S/C7H14N2/c1-7(2)9-5-3-8-4-6-9/h8H,1,3-6H2,2H3. The fourth-order valence-electron chi connectivity index (χ4n) is 1.05. The first-order chi connectivity index (χ1) is 4.30. The Morgan fingerprint density at radius 2 is 2.00 bits per heavy atom. The molecule has 9 heavy (non-hydrogen) atoms. The third kappa shape index (κ3) is 1.72. The van der Waals surface area contributed by atoms with E-state index in [1.54, 1.807) is 0 Å². The van der Waals surface area contributed by atoms with E-state index in [1.165, 1.54) is 5.70 Å². The van der Waals surface area contributed by atoms with Crippen LogP contribution in [0.4, 0.5) is 0 Å². The lowest BCUT2D eigenvalue weighted by atomic mass is 10.3. The normalized spacial score (nSPS) is 19.9. The predicted molar refractivity (Wildman–Crippen MR) is 39.3 cm³/mol. The zero-order chi connectivity index (χ0) is 6.69. The van der Waals surface area contributed by atoms with Crippen LogP contribution in [-0.2, 0) is 0 Å². The Kier molecular flexibility index (Phi) is 2.11. The molecule has 0 bridgehead atoms. The molecular formula is C7H14N2. The molecule has 0 aromatic rings. The number of hydrogen-bond acceptors (Lipinski definition) is 2. The number of rotatable bonds is 1. The van der Waals surface area contributed by atoms with Gasteiger partial charge in [0, 0.05) is 31.9 Å². The van der Waals surface area contributed by atoms with Crippen molar-refractivity contribution in [3.8, 4) is 0 Å². The van der Waals surface area contributed by atoms with Crippen molar-refractivity contribution in [2.45, 2.75) is 6.92 Å². The van der Waals surface area contributed by atoms with Crippen molar-refractivity contribution in [3.05, 3.63) is 12.3 Å². The molecule has 1 rings (SSSR count). The number of allylic oxidation sites excluding steroid dienone is 1. The molecule has 2 heteroatoms. The van der Waals surface area contributed by atoms with Crippen LogP contribution in [0.1, 0.15) is 6.92 Å². The van der Waals surface area contributed by atoms with Gasteiger partial charge in [0.05, 0.1) is 0 Å². The van der Waals surface area contributed by atoms with E-state index in [2.05, 4.69) is 23.7 Å². The molecule has 0 spiro atoms. The van der Waals surface area contributed by atoms with Crippen LogP contribution in [0.25, 0.3) is 0 Å². The van der Waals surface area contributed by atoms with Crippen LogP contribution >= 0.6 is 0 Å². The second-order valence-corrected chi connectivity index (χ2v) is 2.47. The monoisotopic (exact) mass is 126 g/mol. The SMILES string of the molecule is C=C(C)N1CCNCC1. The lowest BCUT2D eigenvalue weighted by Gasteiger charge is -2.29. The molecule has 1 N–H and O–H groups in total. The van der Waals surface area contributed by atoms with Crippen molar-refractivity contribution in [2.24, 2.45) is 0 Å². The third-order valence-corrected chi connectivity index (χ3v) is 1.66. The Morgan fingerprint density at radius 1 is 1.44 bits per heavy atom. The summed E-state index contributed by atoms with van der Waals surface area (Å²) in [7, 11) is 0. The first-order valence-electron chi connectivity index (χ1n) is 3.42. The summed E-state index contributed by atoms with van der Waals surface area (Å²) < 4.78 is 0. The quantitative estimate of drug-likeness (QED) is 0.548. The maximum absolute atomic E-state index is 3.88. The highest BCUT2D eigenvalue weighted by molar-refractivity contribution is 4.90. The number of nitrogens with zero attached hydrogens (tertiary/aromatic N) is 1. The molecule has 0 saturated carbocycles. The molecule has 0 amide bonds. The van der Waals surface area contributed by atoms with E-state index in [9.17, 15) is 0 Å². The molecular weight excluding hydrogens is 112 g/mol. The smallest absolute Gasteiger partial charge is 0.0300 e. The van der Waals surface area contributed by atoms with Gasteiger partial charge in [-0.15, -0.1) is 0 Å². The van der Waals surface area contributed by atoms with Crippen molar-refractivity contribution in [2.75, 3.05) is 26.2 Å². The molecule has 0 aliphatic carbocycles. The largest absolute Gasteiger partial charge is 0.373 e. The fourth-order valence-corrected chi connectivity index (χ4v) is 1.05. The first kappa shape index (κ1) is 6.62. The van der Waals surface area contributed by atoms with Gasteiger partial charge < -0.3 is 10.2 Å². The topological polar surface area (TPSA) is 15.3 Å². The van der Waals surface area contributed by atoms with Crippen LogP contribution in [0, 0.1) is 0 Å². The molecule has 0 aromatic heterocycles. The zero-order valence-electron chi connectivity index (χ0n) is 5.98. The van der Waals surface area contributed by atoms with Crippen molar-refractivity contribution < 1.29 is 0 Å². The minimum Gasteiger partial charge on any atom is -0.373 e. The van der Waals surface area contributed by atoms with Crippen LogP contribution in [0.2, 0.25) is 0 Å². The Hall–Kier alpha value is -0.500. The maximum atomic E-state index is 3.88. The highest BCUT2D eigenvalue weighted by Gasteiger charge is 2.06. The van der Waals surface area contributed by atoms with E-state index in [0.29, 0.717) is 0 Å². The van der Waals surface area contributed by atoms with Gasteiger partial charge in [-0.2, -0.15) is 0 Å². The van der Waals surface area contributed by atoms with Crippen LogP contribution < -0.4 is 5.32 Å². The van der Waals surface area contributed by atoms with Gasteiger partial charge in [0.2, 0.25) is 0 Å². The Bertz CT molecular complexity index is 103. The van der Waals surface area contributed by atoms with Crippen molar-refractivity contribution >= 4 is 0 Å². The van der Waals surface area contributed by atoms with Crippen LogP contribution in [0.15, 0.2) is 12.3 Å². The van der Waals surface area contributed by atoms with Gasteiger partial charge in [0.1, 0.15) is 0 Å². The van der Waals surface area contributed by atoms with Gasteiger partial charge in [0.25, 0.3) is 0 Å². The molecule has 1 saturated heterocycles. The summed E-state index contributed by atoms with van der Waals surface area (Å²) >= 11 is 0. The van der Waals surface area contributed by atoms with E-state index in [-0.39, 0.29) is 0 Å². The summed E-state index contributed by atoms with van der Waals surface area (Å²) in [6.45, 7) is 10.4. The molecule has 1 fully saturated rings. The summed E-state index contributed by atoms with van der Waals surface area (Å²) in [4.78, 5) is 2.30. The maximum Gasteiger partial charge on any atom is 0.0300 e. The average Bonchev–Trinajstić information content (AvgIpc) is 1.90. The van der Waals surface area contributed by atoms with E-state index in [1.807, 2.05) is 0 Å². The lowest BCUT2D eigenvalue weighted by Crippen LogP contribution is -2.42. The summed E-state index contributed by atoms with van der Waals surface area (Å²) in [5.41, 5.74) is 1.19. The lowest BCUT2D eigenvalue weighted by molar-refractivity contribution is 0.301. The van der Waals surface area contributed by atoms with Crippen LogP contribution in [0.5, 0.6) is 0 Å². The van der Waals surface area contributed by atoms with E-state index < -0.39 is 0 Å². The molecule has 0 atom stereocenters. The molecule has 2 nitrogen and oxygen atoms in total. The minimum absolute atomic E-state index is 1.10. The Morgan fingerprint density at radius 3 is 2.33 bits per heavy atom. The second-order valence-electron chi connectivity index (χ2n) is 2.47. The summed E-state index contributed by atoms with van der Waals surface area (Å²) in [5, 5.41) is 3.29. The zero-order valence-corrected chi connectivity index (χ0v) is 5.98. The molecule has 0 radical (unpaired) electrons. The van der Waals surface area contributed by atoms with Crippen molar-refractivity contribution in [3.63, 3.8) is 0 Å². The van der Waals surface area contributed by atoms with E-state index >= 15 is 0 Å². The average molecular weight is 126 g/mol. The molecule has 0 aromatic carbocycles. The minimum atomic E-state index is 1.10. The van der Waals surface area contributed by atoms with Gasteiger partial charge in [-0.25, -0.2) is 0 Å². The van der Waals surface area contributed by atoms with E-state index in [4.69, 9.17) is 0 Å². The van der Waals surface area contributed by atoms with Crippen LogP contribution in [0.3, 0.4) is 0 Å². The highest BCUT2D eigenvalue weighted by atomic mass is 15.2. The third-order valence-electron chi connectivity index (χ3n) is 1.66. The second kappa shape index (κ2) is 2.87. The molecule has 1 aliphatic rings. The molecule has 1 aliphatic heterocycles. The van der Waals surface area contributed by atoms with Gasteiger partial charge in [-0.05, 0) is 6.92 Å². The number of hydrogen-bond donors (Lipinski definition) is 1. The Balaban J connectivity index is 2.31. The van der Waals surface area contributed by atoms with Crippen LogP contribution in [-0.4, -0.2) is 31.1 Å². The number of piperazine rings is 1. The molecule has 52 valence electrons. The van der Waals surface area contributed by atoms with Gasteiger partial charge in [0.15, 0.2) is 0 Å². The van der Waals surface area contributed by atoms with Crippen molar-refractivity contribution in [1.29, 1.82) is 0 Å². The summed E-state index contributed by atoms with van der Waals surface area (Å²) in [6, 6.07) is 0. The van der Waals surface area contributed by atoms with Gasteiger partial charge >= 0.3 is 0 Å². The first-order valence-corrected chi connectivity index (χ1v) is 3.42. The molecule has 1 heterocycles. The van der Waals surface area contributed by atoms with Crippen molar-refractivity contribution in [1.82, 2.24) is 10.2 Å². The Labute approximate surface area is 56.5 Å². The predicted octanol–water partition coefficient (Wildman–Crippen LogP) is 0.425.